The van der Waals surface area contributed by atoms with Gasteiger partial charge in [-0.05, 0) is 30.7 Å². The largest absolute Gasteiger partial charge is 0.337 e. The monoisotopic (exact) mass is 289 g/mol. The Balaban J connectivity index is 2.18. The summed E-state index contributed by atoms with van der Waals surface area (Å²) in [4.78, 5) is 14.3. The Kier molecular flexibility index (Phi) is 4.45. The topological polar surface area (TPSA) is 20.3 Å². The number of nitrogens with zero attached hydrogens (tertiary/aromatic N) is 1. The highest BCUT2D eigenvalue weighted by Gasteiger charge is 2.16. The highest BCUT2D eigenvalue weighted by Crippen LogP contribution is 2.16. The Morgan fingerprint density at radius 3 is 2.70 bits per heavy atom. The lowest BCUT2D eigenvalue weighted by molar-refractivity contribution is 0.0780. The van der Waals surface area contributed by atoms with Crippen LogP contribution in [-0.2, 0) is 6.54 Å². The van der Waals surface area contributed by atoms with Crippen molar-refractivity contribution in [3.05, 3.63) is 65.0 Å². The number of halogens is 1. The number of rotatable bonds is 3. The minimum atomic E-state index is -0.524. The first-order chi connectivity index (χ1) is 9.47. The Bertz CT molecular complexity index is 642. The zero-order chi connectivity index (χ0) is 14.7. The van der Waals surface area contributed by atoms with Crippen LogP contribution >= 0.6 is 12.6 Å². The number of thiol groups is 1. The number of hydrogen-bond donors (Lipinski definition) is 1. The normalized spacial score (nSPS) is 10.4. The maximum Gasteiger partial charge on any atom is 0.256 e. The fourth-order valence-corrected chi connectivity index (χ4v) is 2.24. The standard InChI is InChI=1S/C16H16FNOS/c1-11-4-3-5-12(8-11)10-18(2)16(19)14-9-13(20)6-7-15(14)17/h3-9,20H,10H2,1-2H3. The van der Waals surface area contributed by atoms with Crippen molar-refractivity contribution in [3.63, 3.8) is 0 Å². The lowest BCUT2D eigenvalue weighted by atomic mass is 10.1. The highest BCUT2D eigenvalue weighted by molar-refractivity contribution is 7.80. The predicted octanol–water partition coefficient (Wildman–Crippen LogP) is 3.70. The summed E-state index contributed by atoms with van der Waals surface area (Å²) in [5.74, 6) is -0.871. The molecule has 2 aromatic carbocycles. The van der Waals surface area contributed by atoms with Crippen LogP contribution in [0.15, 0.2) is 47.4 Å². The van der Waals surface area contributed by atoms with E-state index in [4.69, 9.17) is 0 Å². The molecule has 2 nitrogen and oxygen atoms in total. The quantitative estimate of drug-likeness (QED) is 0.854. The molecule has 0 saturated carbocycles. The molecule has 0 aliphatic heterocycles. The molecule has 2 rings (SSSR count). The van der Waals surface area contributed by atoms with Gasteiger partial charge in [-0.2, -0.15) is 0 Å². The number of benzene rings is 2. The molecular formula is C16H16FNOS. The van der Waals surface area contributed by atoms with E-state index >= 15 is 0 Å². The SMILES string of the molecule is Cc1cccc(CN(C)C(=O)c2cc(S)ccc2F)c1. The third-order valence-electron chi connectivity index (χ3n) is 3.03. The van der Waals surface area contributed by atoms with E-state index in [1.165, 1.54) is 23.1 Å². The van der Waals surface area contributed by atoms with E-state index in [9.17, 15) is 9.18 Å². The van der Waals surface area contributed by atoms with E-state index < -0.39 is 5.82 Å². The first kappa shape index (κ1) is 14.6. The number of hydrogen-bond acceptors (Lipinski definition) is 2. The summed E-state index contributed by atoms with van der Waals surface area (Å²) >= 11 is 4.14. The summed E-state index contributed by atoms with van der Waals surface area (Å²) in [6.45, 7) is 2.44. The molecule has 0 spiro atoms. The van der Waals surface area contributed by atoms with Gasteiger partial charge in [0.1, 0.15) is 5.82 Å². The molecule has 0 aliphatic rings. The first-order valence-corrected chi connectivity index (χ1v) is 6.71. The van der Waals surface area contributed by atoms with Crippen molar-refractivity contribution in [1.29, 1.82) is 0 Å². The van der Waals surface area contributed by atoms with Crippen molar-refractivity contribution in [2.45, 2.75) is 18.4 Å². The van der Waals surface area contributed by atoms with Crippen molar-refractivity contribution in [2.75, 3.05) is 7.05 Å². The lowest BCUT2D eigenvalue weighted by Crippen LogP contribution is -2.27. The van der Waals surface area contributed by atoms with Crippen LogP contribution in [0.5, 0.6) is 0 Å². The van der Waals surface area contributed by atoms with Crippen molar-refractivity contribution < 1.29 is 9.18 Å². The van der Waals surface area contributed by atoms with Crippen molar-refractivity contribution >= 4 is 18.5 Å². The maximum atomic E-state index is 13.7. The van der Waals surface area contributed by atoms with E-state index in [-0.39, 0.29) is 11.5 Å². The molecule has 0 atom stereocenters. The van der Waals surface area contributed by atoms with E-state index in [0.29, 0.717) is 11.4 Å². The van der Waals surface area contributed by atoms with Gasteiger partial charge in [0.15, 0.2) is 0 Å². The zero-order valence-electron chi connectivity index (χ0n) is 11.4. The van der Waals surface area contributed by atoms with Gasteiger partial charge < -0.3 is 4.90 Å². The highest BCUT2D eigenvalue weighted by atomic mass is 32.1. The van der Waals surface area contributed by atoms with Crippen molar-refractivity contribution in [3.8, 4) is 0 Å². The van der Waals surface area contributed by atoms with Gasteiger partial charge in [0.05, 0.1) is 5.56 Å². The Morgan fingerprint density at radius 2 is 2.00 bits per heavy atom. The molecule has 0 radical (unpaired) electrons. The fourth-order valence-electron chi connectivity index (χ4n) is 2.04. The molecule has 0 unspecified atom stereocenters. The summed E-state index contributed by atoms with van der Waals surface area (Å²) in [6.07, 6.45) is 0. The summed E-state index contributed by atoms with van der Waals surface area (Å²) in [6, 6.07) is 12.1. The molecule has 0 bridgehead atoms. The molecule has 104 valence electrons. The number of amides is 1. The number of aryl methyl sites for hydroxylation is 1. The van der Waals surface area contributed by atoms with Gasteiger partial charge in [-0.3, -0.25) is 4.79 Å². The van der Waals surface area contributed by atoms with Crippen LogP contribution in [0, 0.1) is 12.7 Å². The van der Waals surface area contributed by atoms with Crippen LogP contribution in [-0.4, -0.2) is 17.9 Å². The third kappa shape index (κ3) is 3.39. The second kappa shape index (κ2) is 6.09. The van der Waals surface area contributed by atoms with Gasteiger partial charge >= 0.3 is 0 Å². The molecule has 0 heterocycles. The first-order valence-electron chi connectivity index (χ1n) is 6.27. The molecule has 0 fully saturated rings. The summed E-state index contributed by atoms with van der Waals surface area (Å²) in [5, 5.41) is 0. The summed E-state index contributed by atoms with van der Waals surface area (Å²) in [5.41, 5.74) is 2.20. The Hall–Kier alpha value is -1.81. The van der Waals surface area contributed by atoms with E-state index in [0.717, 1.165) is 11.1 Å². The van der Waals surface area contributed by atoms with Crippen LogP contribution in [0.3, 0.4) is 0 Å². The summed E-state index contributed by atoms with van der Waals surface area (Å²) in [7, 11) is 1.66. The Labute approximate surface area is 123 Å². The second-order valence-electron chi connectivity index (χ2n) is 4.81. The van der Waals surface area contributed by atoms with E-state index in [2.05, 4.69) is 12.6 Å². The van der Waals surface area contributed by atoms with Crippen molar-refractivity contribution in [1.82, 2.24) is 4.90 Å². The fraction of sp³-hybridized carbons (Fsp3) is 0.188. The molecule has 0 N–H and O–H groups in total. The van der Waals surface area contributed by atoms with Crippen LogP contribution in [0.2, 0.25) is 0 Å². The minimum absolute atomic E-state index is 0.0488. The van der Waals surface area contributed by atoms with Gasteiger partial charge in [0.2, 0.25) is 0 Å². The van der Waals surface area contributed by atoms with Gasteiger partial charge in [0, 0.05) is 18.5 Å². The number of carbonyl (C=O) groups is 1. The molecule has 0 saturated heterocycles. The molecule has 1 amide bonds. The lowest BCUT2D eigenvalue weighted by Gasteiger charge is -2.18. The maximum absolute atomic E-state index is 13.7. The predicted molar refractivity (Wildman–Crippen MR) is 80.6 cm³/mol. The Morgan fingerprint density at radius 1 is 1.25 bits per heavy atom. The van der Waals surface area contributed by atoms with E-state index in [1.54, 1.807) is 7.05 Å². The van der Waals surface area contributed by atoms with Gasteiger partial charge in [0.25, 0.3) is 5.91 Å². The number of carbonyl (C=O) groups excluding carboxylic acids is 1. The molecular weight excluding hydrogens is 273 g/mol. The second-order valence-corrected chi connectivity index (χ2v) is 5.33. The molecule has 4 heteroatoms. The van der Waals surface area contributed by atoms with E-state index in [1.807, 2.05) is 31.2 Å². The zero-order valence-corrected chi connectivity index (χ0v) is 12.3. The van der Waals surface area contributed by atoms with Gasteiger partial charge in [-0.1, -0.05) is 29.8 Å². The average molecular weight is 289 g/mol. The van der Waals surface area contributed by atoms with Gasteiger partial charge in [-0.15, -0.1) is 12.6 Å². The van der Waals surface area contributed by atoms with Crippen LogP contribution in [0.25, 0.3) is 0 Å². The smallest absolute Gasteiger partial charge is 0.256 e. The van der Waals surface area contributed by atoms with Crippen LogP contribution in [0.4, 0.5) is 4.39 Å². The average Bonchev–Trinajstić information content (AvgIpc) is 2.40. The summed E-state index contributed by atoms with van der Waals surface area (Å²) < 4.78 is 13.7. The minimum Gasteiger partial charge on any atom is -0.337 e. The van der Waals surface area contributed by atoms with Crippen LogP contribution in [0.1, 0.15) is 21.5 Å². The molecule has 20 heavy (non-hydrogen) atoms. The molecule has 0 aliphatic carbocycles. The van der Waals surface area contributed by atoms with Gasteiger partial charge in [-0.25, -0.2) is 4.39 Å². The third-order valence-corrected chi connectivity index (χ3v) is 3.31. The van der Waals surface area contributed by atoms with Crippen molar-refractivity contribution in [2.24, 2.45) is 0 Å². The van der Waals surface area contributed by atoms with Crippen LogP contribution < -0.4 is 0 Å². The molecule has 0 aromatic heterocycles. The molecule has 2 aromatic rings.